The van der Waals surface area contributed by atoms with E-state index in [0.717, 1.165) is 12.0 Å². The first-order valence-electron chi connectivity index (χ1n) is 6.49. The number of ether oxygens (including phenoxy) is 2. The molecular formula is C15H21O2S. The summed E-state index contributed by atoms with van der Waals surface area (Å²) in [6.07, 6.45) is 0.852. The van der Waals surface area contributed by atoms with Crippen LogP contribution in [-0.2, 0) is 15.3 Å². The van der Waals surface area contributed by atoms with Crippen molar-refractivity contribution >= 4 is 12.6 Å². The standard InChI is InChI=1S/C15H21O2S/c1-4-13(18)15(12-8-6-5-7-9-12)16-10-14(2,3)11-17-15/h5-9,13H,4,10-11H2,1-3H3. The maximum atomic E-state index is 6.09. The van der Waals surface area contributed by atoms with Crippen LogP contribution in [-0.4, -0.2) is 18.5 Å². The highest BCUT2D eigenvalue weighted by molar-refractivity contribution is 7.81. The maximum Gasteiger partial charge on any atom is 0.207 e. The average Bonchev–Trinajstić information content (AvgIpc) is 2.39. The molecule has 0 N–H and O–H groups in total. The zero-order chi connectivity index (χ0) is 13.2. The number of rotatable bonds is 3. The second-order valence-electron chi connectivity index (χ2n) is 5.67. The zero-order valence-electron chi connectivity index (χ0n) is 11.3. The fourth-order valence-electron chi connectivity index (χ4n) is 2.17. The van der Waals surface area contributed by atoms with E-state index < -0.39 is 5.79 Å². The van der Waals surface area contributed by atoms with Gasteiger partial charge in [-0.25, -0.2) is 0 Å². The molecule has 2 nitrogen and oxygen atoms in total. The van der Waals surface area contributed by atoms with Crippen molar-refractivity contribution in [3.63, 3.8) is 0 Å². The van der Waals surface area contributed by atoms with Gasteiger partial charge < -0.3 is 9.47 Å². The van der Waals surface area contributed by atoms with Crippen LogP contribution in [0, 0.1) is 5.41 Å². The quantitative estimate of drug-likeness (QED) is 0.825. The lowest BCUT2D eigenvalue weighted by molar-refractivity contribution is -0.307. The van der Waals surface area contributed by atoms with Gasteiger partial charge in [0.15, 0.2) is 0 Å². The molecular weight excluding hydrogens is 244 g/mol. The molecule has 2 rings (SSSR count). The summed E-state index contributed by atoms with van der Waals surface area (Å²) in [6, 6.07) is 10.1. The lowest BCUT2D eigenvalue weighted by Crippen LogP contribution is -2.50. The molecule has 1 saturated heterocycles. The van der Waals surface area contributed by atoms with Gasteiger partial charge in [0.1, 0.15) is 0 Å². The van der Waals surface area contributed by atoms with Crippen LogP contribution in [0.1, 0.15) is 32.8 Å². The van der Waals surface area contributed by atoms with E-state index in [1.165, 1.54) is 0 Å². The van der Waals surface area contributed by atoms with Gasteiger partial charge in [-0.05, 0) is 6.42 Å². The first-order chi connectivity index (χ1) is 8.50. The van der Waals surface area contributed by atoms with E-state index >= 15 is 0 Å². The van der Waals surface area contributed by atoms with Gasteiger partial charge >= 0.3 is 0 Å². The predicted molar refractivity (Wildman–Crippen MR) is 75.5 cm³/mol. The monoisotopic (exact) mass is 265 g/mol. The fourth-order valence-corrected chi connectivity index (χ4v) is 2.44. The summed E-state index contributed by atoms with van der Waals surface area (Å²) in [4.78, 5) is 0. The smallest absolute Gasteiger partial charge is 0.207 e. The van der Waals surface area contributed by atoms with Crippen molar-refractivity contribution in [2.75, 3.05) is 13.2 Å². The van der Waals surface area contributed by atoms with Gasteiger partial charge in [0.05, 0.1) is 18.5 Å². The van der Waals surface area contributed by atoms with E-state index in [1.54, 1.807) is 0 Å². The molecule has 1 aliphatic rings. The number of hydrogen-bond donors (Lipinski definition) is 0. The molecule has 18 heavy (non-hydrogen) atoms. The minimum absolute atomic E-state index is 0.0566. The van der Waals surface area contributed by atoms with Crippen molar-refractivity contribution in [2.45, 2.75) is 38.2 Å². The van der Waals surface area contributed by atoms with Crippen LogP contribution in [0.4, 0.5) is 0 Å². The van der Waals surface area contributed by atoms with E-state index in [9.17, 15) is 0 Å². The van der Waals surface area contributed by atoms with Crippen LogP contribution in [0.2, 0.25) is 0 Å². The van der Waals surface area contributed by atoms with Crippen LogP contribution in [0.15, 0.2) is 30.3 Å². The van der Waals surface area contributed by atoms with Crippen molar-refractivity contribution in [1.29, 1.82) is 0 Å². The Bertz CT molecular complexity index is 379. The molecule has 99 valence electrons. The molecule has 0 spiro atoms. The lowest BCUT2D eigenvalue weighted by Gasteiger charge is -2.46. The van der Waals surface area contributed by atoms with E-state index in [-0.39, 0.29) is 10.7 Å². The largest absolute Gasteiger partial charge is 0.344 e. The Morgan fingerprint density at radius 2 is 1.72 bits per heavy atom. The van der Waals surface area contributed by atoms with E-state index in [4.69, 9.17) is 22.1 Å². The molecule has 0 aliphatic carbocycles. The van der Waals surface area contributed by atoms with E-state index in [1.807, 2.05) is 30.3 Å². The van der Waals surface area contributed by atoms with Crippen molar-refractivity contribution in [1.82, 2.24) is 0 Å². The van der Waals surface area contributed by atoms with Gasteiger partial charge in [-0.3, -0.25) is 0 Å². The molecule has 1 heterocycles. The molecule has 0 saturated carbocycles. The molecule has 1 radical (unpaired) electrons. The second kappa shape index (κ2) is 5.24. The molecule has 1 aromatic carbocycles. The molecule has 0 bridgehead atoms. The van der Waals surface area contributed by atoms with Crippen LogP contribution in [0.25, 0.3) is 0 Å². The maximum absolute atomic E-state index is 6.09. The zero-order valence-corrected chi connectivity index (χ0v) is 12.1. The summed E-state index contributed by atoms with van der Waals surface area (Å²) in [5.74, 6) is -0.749. The van der Waals surface area contributed by atoms with Gasteiger partial charge in [-0.2, -0.15) is 0 Å². The average molecular weight is 265 g/mol. The first kappa shape index (κ1) is 13.9. The molecule has 1 unspecified atom stereocenters. The molecule has 1 aromatic rings. The van der Waals surface area contributed by atoms with Crippen molar-refractivity contribution < 1.29 is 9.47 Å². The Kier molecular flexibility index (Phi) is 4.05. The third kappa shape index (κ3) is 2.58. The molecule has 0 amide bonds. The van der Waals surface area contributed by atoms with Crippen molar-refractivity contribution in [2.24, 2.45) is 5.41 Å². The second-order valence-corrected chi connectivity index (χ2v) is 6.24. The normalized spacial score (nSPS) is 23.6. The van der Waals surface area contributed by atoms with Gasteiger partial charge in [0, 0.05) is 11.0 Å². The highest BCUT2D eigenvalue weighted by atomic mass is 32.1. The highest BCUT2D eigenvalue weighted by Gasteiger charge is 2.46. The minimum atomic E-state index is -0.749. The fraction of sp³-hybridized carbons (Fsp3) is 0.600. The van der Waals surface area contributed by atoms with Gasteiger partial charge in [-0.15, -0.1) is 0 Å². The Balaban J connectivity index is 2.32. The Morgan fingerprint density at radius 3 is 2.22 bits per heavy atom. The number of hydrogen-bond acceptors (Lipinski definition) is 2. The van der Waals surface area contributed by atoms with Gasteiger partial charge in [0.2, 0.25) is 5.79 Å². The Labute approximate surface area is 115 Å². The predicted octanol–water partition coefficient (Wildman–Crippen LogP) is 3.89. The molecule has 0 aromatic heterocycles. The summed E-state index contributed by atoms with van der Waals surface area (Å²) in [5.41, 5.74) is 1.09. The third-order valence-electron chi connectivity index (χ3n) is 3.33. The SMILES string of the molecule is CCC([S])C1(c2ccccc2)OCC(C)(C)CO1. The lowest BCUT2D eigenvalue weighted by atomic mass is 9.92. The van der Waals surface area contributed by atoms with Crippen molar-refractivity contribution in [3.8, 4) is 0 Å². The van der Waals surface area contributed by atoms with Gasteiger partial charge in [0.25, 0.3) is 0 Å². The summed E-state index contributed by atoms with van der Waals surface area (Å²) >= 11 is 5.58. The van der Waals surface area contributed by atoms with E-state index in [0.29, 0.717) is 13.2 Å². The van der Waals surface area contributed by atoms with Crippen LogP contribution in [0.5, 0.6) is 0 Å². The summed E-state index contributed by atoms with van der Waals surface area (Å²) in [7, 11) is 0. The molecule has 1 aliphatic heterocycles. The van der Waals surface area contributed by atoms with Crippen LogP contribution >= 0.6 is 12.6 Å². The Morgan fingerprint density at radius 1 is 1.17 bits per heavy atom. The highest BCUT2D eigenvalue weighted by Crippen LogP contribution is 2.41. The van der Waals surface area contributed by atoms with Crippen LogP contribution < -0.4 is 0 Å². The summed E-state index contributed by atoms with van der Waals surface area (Å²) in [6.45, 7) is 7.72. The number of benzene rings is 1. The summed E-state index contributed by atoms with van der Waals surface area (Å²) in [5, 5.41) is -0.0731. The third-order valence-corrected chi connectivity index (χ3v) is 3.97. The Hall–Kier alpha value is -0.510. The first-order valence-corrected chi connectivity index (χ1v) is 6.96. The summed E-state index contributed by atoms with van der Waals surface area (Å²) < 4.78 is 12.2. The molecule has 1 atom stereocenters. The van der Waals surface area contributed by atoms with Crippen molar-refractivity contribution in [3.05, 3.63) is 35.9 Å². The van der Waals surface area contributed by atoms with E-state index in [2.05, 4.69) is 20.8 Å². The molecule has 3 heteroatoms. The van der Waals surface area contributed by atoms with Crippen LogP contribution in [0.3, 0.4) is 0 Å². The van der Waals surface area contributed by atoms with Gasteiger partial charge in [-0.1, -0.05) is 63.7 Å². The topological polar surface area (TPSA) is 18.5 Å². The minimum Gasteiger partial charge on any atom is -0.344 e. The molecule has 1 fully saturated rings.